The van der Waals surface area contributed by atoms with Gasteiger partial charge in [-0.15, -0.1) is 0 Å². The Hall–Kier alpha value is -4.98. The number of nitrogens with zero attached hydrogens (tertiary/aromatic N) is 3. The van der Waals surface area contributed by atoms with Crippen LogP contribution in [0.1, 0.15) is 83.2 Å². The largest absolute Gasteiger partial charge is 0.478 e. The van der Waals surface area contributed by atoms with Crippen molar-refractivity contribution in [3.63, 3.8) is 0 Å². The van der Waals surface area contributed by atoms with Crippen molar-refractivity contribution in [2.75, 3.05) is 26.2 Å². The molecule has 348 valence electrons. The zero-order valence-corrected chi connectivity index (χ0v) is 38.3. The molecule has 3 aliphatic heterocycles. The number of halogens is 4. The Morgan fingerprint density at radius 2 is 1.12 bits per heavy atom. The van der Waals surface area contributed by atoms with Crippen molar-refractivity contribution in [3.05, 3.63) is 129 Å². The minimum atomic E-state index is -4.11. The summed E-state index contributed by atoms with van der Waals surface area (Å²) >= 11 is 11.8. The average Bonchev–Trinajstić information content (AvgIpc) is 3.63. The summed E-state index contributed by atoms with van der Waals surface area (Å²) in [5.41, 5.74) is 1.20. The third kappa shape index (κ3) is 12.7. The number of nitrogens with one attached hydrogen (secondary N) is 2. The number of hydrogen-bond acceptors (Lipinski definition) is 8. The van der Waals surface area contributed by atoms with E-state index in [1.807, 2.05) is 0 Å². The molecule has 0 radical (unpaired) electrons. The molecule has 0 spiro atoms. The molecule has 65 heavy (non-hydrogen) atoms. The van der Waals surface area contributed by atoms with Gasteiger partial charge in [0.2, 0.25) is 31.9 Å². The van der Waals surface area contributed by atoms with E-state index in [0.717, 1.165) is 26.4 Å². The fourth-order valence-electron chi connectivity index (χ4n) is 7.89. The maximum atomic E-state index is 13.9. The molecule has 4 aromatic carbocycles. The smallest absolute Gasteiger partial charge is 0.335 e. The number of rotatable bonds is 12. The van der Waals surface area contributed by atoms with Gasteiger partial charge in [-0.3, -0.25) is 14.4 Å². The molecule has 0 aliphatic carbocycles. The van der Waals surface area contributed by atoms with Gasteiger partial charge in [-0.1, -0.05) is 47.5 Å². The molecule has 4 aromatic rings. The Morgan fingerprint density at radius 1 is 0.677 bits per heavy atom. The number of amides is 3. The Labute approximate surface area is 387 Å². The Balaban J connectivity index is 0.000000221. The van der Waals surface area contributed by atoms with Gasteiger partial charge in [0, 0.05) is 54.8 Å². The molecule has 0 aromatic heterocycles. The molecule has 3 aliphatic rings. The maximum absolute atomic E-state index is 13.9. The first-order valence-electron chi connectivity index (χ1n) is 21.0. The average molecular weight is 977 g/mol. The summed E-state index contributed by atoms with van der Waals surface area (Å²) in [6, 6.07) is 21.9. The highest BCUT2D eigenvalue weighted by Crippen LogP contribution is 2.30. The number of alkyl halides is 2. The van der Waals surface area contributed by atoms with Crippen LogP contribution in [0, 0.1) is 0 Å². The number of piperidine rings is 1. The molecule has 0 saturated carbocycles. The van der Waals surface area contributed by atoms with Gasteiger partial charge in [0.15, 0.2) is 0 Å². The summed E-state index contributed by atoms with van der Waals surface area (Å²) in [4.78, 5) is 50.9. The van der Waals surface area contributed by atoms with Gasteiger partial charge in [-0.05, 0) is 129 Å². The normalized spacial score (nSPS) is 19.3. The quantitative estimate of drug-likeness (QED) is 0.135. The van der Waals surface area contributed by atoms with Crippen molar-refractivity contribution >= 4 is 66.9 Å². The lowest BCUT2D eigenvalue weighted by Gasteiger charge is -2.32. The van der Waals surface area contributed by atoms with Crippen LogP contribution < -0.4 is 10.6 Å². The molecule has 20 heteroatoms. The summed E-state index contributed by atoms with van der Waals surface area (Å²) < 4.78 is 84.2. The van der Waals surface area contributed by atoms with Crippen LogP contribution in [0.2, 0.25) is 10.0 Å². The van der Waals surface area contributed by atoms with Crippen molar-refractivity contribution in [1.82, 2.24) is 24.1 Å². The molecular formula is C45H49Cl2F2N5O9S2. The summed E-state index contributed by atoms with van der Waals surface area (Å²) in [6.45, 7) is 0.269. The van der Waals surface area contributed by atoms with Gasteiger partial charge in [0.1, 0.15) is 12.1 Å². The maximum Gasteiger partial charge on any atom is 0.335 e. The minimum absolute atomic E-state index is 0.00766. The molecular weight excluding hydrogens is 928 g/mol. The fraction of sp³-hybridized carbons (Fsp3) is 0.378. The zero-order valence-electron chi connectivity index (χ0n) is 35.2. The van der Waals surface area contributed by atoms with Gasteiger partial charge in [0.05, 0.1) is 21.9 Å². The Bertz CT molecular complexity index is 2590. The van der Waals surface area contributed by atoms with E-state index in [1.165, 1.54) is 72.8 Å². The fourth-order valence-corrected chi connectivity index (χ4v) is 11.4. The van der Waals surface area contributed by atoms with E-state index in [0.29, 0.717) is 59.9 Å². The van der Waals surface area contributed by atoms with Crippen LogP contribution in [0.5, 0.6) is 0 Å². The highest BCUT2D eigenvalue weighted by atomic mass is 35.5. The number of aromatic carboxylic acids is 1. The predicted octanol–water partition coefficient (Wildman–Crippen LogP) is 6.97. The topological polar surface area (TPSA) is 191 Å². The first-order chi connectivity index (χ1) is 30.9. The lowest BCUT2D eigenvalue weighted by atomic mass is 10.0. The summed E-state index contributed by atoms with van der Waals surface area (Å²) in [5, 5.41) is 15.5. The monoisotopic (exact) mass is 975 g/mol. The van der Waals surface area contributed by atoms with E-state index in [4.69, 9.17) is 23.2 Å². The number of hydrogen-bond donors (Lipinski definition) is 3. The molecule has 0 bridgehead atoms. The SMILES string of the molecule is O=C(O)c1cccc(CN(C2CCCCNC2=O)S(=O)(=O)c2ccc(Cl)cc2)c1.O=C1NCCCCC1N(Cc1cccc(C(=O)N2CCCC(F)(F)C2)c1)S(=O)(=O)c1ccc(Cl)cc1. The number of carbonyl (C=O) groups is 4. The lowest BCUT2D eigenvalue weighted by molar-refractivity contribution is -0.125. The summed E-state index contributed by atoms with van der Waals surface area (Å²) in [5.74, 6) is -5.30. The molecule has 3 saturated heterocycles. The third-order valence-electron chi connectivity index (χ3n) is 11.3. The van der Waals surface area contributed by atoms with Crippen molar-refractivity contribution in [3.8, 4) is 0 Å². The van der Waals surface area contributed by atoms with Gasteiger partial charge in [0.25, 0.3) is 11.8 Å². The van der Waals surface area contributed by atoms with Crippen molar-refractivity contribution in [2.24, 2.45) is 0 Å². The van der Waals surface area contributed by atoms with Crippen molar-refractivity contribution < 1.29 is 49.9 Å². The Kier molecular flexibility index (Phi) is 16.4. The Morgan fingerprint density at radius 3 is 1.57 bits per heavy atom. The van der Waals surface area contributed by atoms with Gasteiger partial charge >= 0.3 is 5.97 Å². The summed E-state index contributed by atoms with van der Waals surface area (Å²) in [7, 11) is -8.15. The van der Waals surface area contributed by atoms with Crippen LogP contribution >= 0.6 is 23.2 Å². The second kappa shape index (κ2) is 21.5. The van der Waals surface area contributed by atoms with Crippen LogP contribution in [0.3, 0.4) is 0 Å². The third-order valence-corrected chi connectivity index (χ3v) is 15.5. The molecule has 7 rings (SSSR count). The van der Waals surface area contributed by atoms with E-state index in [-0.39, 0.29) is 65.2 Å². The number of carbonyl (C=O) groups excluding carboxylic acids is 3. The zero-order chi connectivity index (χ0) is 46.9. The van der Waals surface area contributed by atoms with E-state index >= 15 is 0 Å². The van der Waals surface area contributed by atoms with Crippen molar-refractivity contribution in [1.29, 1.82) is 0 Å². The molecule has 3 amide bonds. The van der Waals surface area contributed by atoms with Crippen LogP contribution in [0.25, 0.3) is 0 Å². The lowest BCUT2D eigenvalue weighted by Crippen LogP contribution is -2.48. The second-order valence-corrected chi connectivity index (χ2v) is 20.7. The van der Waals surface area contributed by atoms with E-state index in [2.05, 4.69) is 10.6 Å². The first kappa shape index (κ1) is 49.5. The number of benzene rings is 4. The molecule has 3 heterocycles. The van der Waals surface area contributed by atoms with Gasteiger partial charge < -0.3 is 20.6 Å². The van der Waals surface area contributed by atoms with Crippen LogP contribution in [-0.2, 0) is 42.7 Å². The molecule has 3 N–H and O–H groups in total. The summed E-state index contributed by atoms with van der Waals surface area (Å²) in [6.07, 6.45) is 3.56. The van der Waals surface area contributed by atoms with Crippen LogP contribution in [0.15, 0.2) is 107 Å². The van der Waals surface area contributed by atoms with Crippen molar-refractivity contribution in [2.45, 2.75) is 92.3 Å². The standard InChI is InChI=1S/C25H28ClF2N3O4S.C20H21ClN2O5S/c26-20-8-10-21(11-9-20)36(34,35)31(22-7-1-2-13-29-23(22)32)16-18-5-3-6-19(15-18)24(33)30-14-4-12-25(27,28)17-30;21-16-7-9-17(10-8-16)29(27,28)23(18-6-1-2-11-22-19(18)24)13-14-4-3-5-15(12-14)20(25)26/h3,5-6,8-11,15,22H,1-2,4,7,12-14,16-17H2,(H,29,32);3-5,7-10,12,18H,1-2,6,11,13H2,(H,22,24)(H,25,26). The molecule has 3 fully saturated rings. The number of carboxylic acid groups (broad SMARTS) is 1. The minimum Gasteiger partial charge on any atom is -0.478 e. The highest BCUT2D eigenvalue weighted by molar-refractivity contribution is 7.89. The van der Waals surface area contributed by atoms with Gasteiger partial charge in [-0.2, -0.15) is 8.61 Å². The van der Waals surface area contributed by atoms with E-state index in [1.54, 1.807) is 24.3 Å². The van der Waals surface area contributed by atoms with Crippen LogP contribution in [-0.4, -0.2) is 103 Å². The van der Waals surface area contributed by atoms with E-state index < -0.39 is 56.5 Å². The molecule has 2 unspecified atom stereocenters. The molecule has 2 atom stereocenters. The number of sulfonamides is 2. The second-order valence-electron chi connectivity index (χ2n) is 16.0. The predicted molar refractivity (Wildman–Crippen MR) is 240 cm³/mol. The first-order valence-corrected chi connectivity index (χ1v) is 24.7. The number of carboxylic acids is 1. The van der Waals surface area contributed by atoms with Crippen LogP contribution in [0.4, 0.5) is 8.78 Å². The van der Waals surface area contributed by atoms with E-state index in [9.17, 15) is 49.9 Å². The van der Waals surface area contributed by atoms with Gasteiger partial charge in [-0.25, -0.2) is 30.4 Å². The number of likely N-dealkylation sites (tertiary alicyclic amines) is 1. The highest BCUT2D eigenvalue weighted by Gasteiger charge is 2.40. The molecule has 14 nitrogen and oxygen atoms in total.